The minimum atomic E-state index is -0.163. The van der Waals surface area contributed by atoms with Crippen LogP contribution in [0.5, 0.6) is 0 Å². The third-order valence-electron chi connectivity index (χ3n) is 3.87. The number of amides is 1. The van der Waals surface area contributed by atoms with Crippen LogP contribution in [-0.4, -0.2) is 30.6 Å². The molecule has 4 rings (SSSR count). The molecule has 0 fully saturated rings. The molecule has 8 heteroatoms. The van der Waals surface area contributed by atoms with Gasteiger partial charge in [-0.15, -0.1) is 0 Å². The van der Waals surface area contributed by atoms with E-state index >= 15 is 0 Å². The second kappa shape index (κ2) is 7.61. The van der Waals surface area contributed by atoms with Crippen LogP contribution in [0.25, 0.3) is 17.1 Å². The molecule has 27 heavy (non-hydrogen) atoms. The summed E-state index contributed by atoms with van der Waals surface area (Å²) < 4.78 is 7.22. The fraction of sp³-hybridized carbons (Fsp3) is 0.105. The number of hydrogen-bond donors (Lipinski definition) is 1. The van der Waals surface area contributed by atoms with E-state index in [9.17, 15) is 4.79 Å². The van der Waals surface area contributed by atoms with Crippen LogP contribution in [0.15, 0.2) is 71.9 Å². The van der Waals surface area contributed by atoms with Crippen LogP contribution in [-0.2, 0) is 11.2 Å². The lowest BCUT2D eigenvalue weighted by molar-refractivity contribution is -0.116. The number of aryl methyl sites for hydroxylation is 1. The molecule has 0 spiro atoms. The highest BCUT2D eigenvalue weighted by Gasteiger charge is 2.12. The van der Waals surface area contributed by atoms with Crippen LogP contribution in [0.3, 0.4) is 0 Å². The highest BCUT2D eigenvalue weighted by Crippen LogP contribution is 2.21. The third kappa shape index (κ3) is 3.90. The van der Waals surface area contributed by atoms with Crippen molar-refractivity contribution in [2.75, 3.05) is 5.32 Å². The summed E-state index contributed by atoms with van der Waals surface area (Å²) in [5.41, 5.74) is 1.51. The number of anilines is 1. The molecule has 0 aliphatic carbocycles. The van der Waals surface area contributed by atoms with Gasteiger partial charge >= 0.3 is 0 Å². The molecule has 0 radical (unpaired) electrons. The van der Waals surface area contributed by atoms with Crippen molar-refractivity contribution in [3.05, 3.63) is 73.4 Å². The van der Waals surface area contributed by atoms with Gasteiger partial charge in [-0.3, -0.25) is 4.79 Å². The largest absolute Gasteiger partial charge is 0.441 e. The summed E-state index contributed by atoms with van der Waals surface area (Å²) in [6.07, 6.45) is 6.87. The lowest BCUT2D eigenvalue weighted by atomic mass is 10.2. The fourth-order valence-electron chi connectivity index (χ4n) is 2.59. The van der Waals surface area contributed by atoms with E-state index in [0.717, 1.165) is 5.56 Å². The van der Waals surface area contributed by atoms with Crippen LogP contribution >= 0.6 is 0 Å². The van der Waals surface area contributed by atoms with E-state index in [0.29, 0.717) is 29.6 Å². The van der Waals surface area contributed by atoms with Crippen molar-refractivity contribution < 1.29 is 9.21 Å². The molecule has 0 saturated carbocycles. The Morgan fingerprint density at radius 2 is 2.00 bits per heavy atom. The van der Waals surface area contributed by atoms with Crippen molar-refractivity contribution in [3.8, 4) is 17.1 Å². The Labute approximate surface area is 154 Å². The molecular formula is C19H16N6O2. The van der Waals surface area contributed by atoms with Gasteiger partial charge < -0.3 is 9.73 Å². The van der Waals surface area contributed by atoms with E-state index in [1.165, 1.54) is 17.3 Å². The highest BCUT2D eigenvalue weighted by molar-refractivity contribution is 5.92. The summed E-state index contributed by atoms with van der Waals surface area (Å²) in [4.78, 5) is 24.7. The lowest BCUT2D eigenvalue weighted by Crippen LogP contribution is -2.15. The molecular weight excluding hydrogens is 344 g/mol. The first-order valence-electron chi connectivity index (χ1n) is 8.39. The quantitative estimate of drug-likeness (QED) is 0.568. The summed E-state index contributed by atoms with van der Waals surface area (Å²) >= 11 is 0. The zero-order valence-electron chi connectivity index (χ0n) is 14.3. The molecule has 0 unspecified atom stereocenters. The van der Waals surface area contributed by atoms with Gasteiger partial charge in [-0.25, -0.2) is 19.6 Å². The standard InChI is InChI=1S/C19H16N6O2/c26-17(24-15-7-4-10-21-19(15)25-13-20-12-23-25)8-9-18-22-11-16(27-18)14-5-2-1-3-6-14/h1-7,10-13H,8-9H2,(H,24,26). The van der Waals surface area contributed by atoms with Crippen molar-refractivity contribution in [1.82, 2.24) is 24.7 Å². The predicted molar refractivity (Wildman–Crippen MR) is 98.0 cm³/mol. The van der Waals surface area contributed by atoms with Crippen molar-refractivity contribution in [2.45, 2.75) is 12.8 Å². The molecule has 3 aromatic heterocycles. The number of rotatable bonds is 6. The van der Waals surface area contributed by atoms with Gasteiger partial charge in [-0.1, -0.05) is 30.3 Å². The topological polar surface area (TPSA) is 98.7 Å². The number of carbonyl (C=O) groups is 1. The van der Waals surface area contributed by atoms with E-state index < -0.39 is 0 Å². The van der Waals surface area contributed by atoms with Gasteiger partial charge in [0.1, 0.15) is 12.7 Å². The predicted octanol–water partition coefficient (Wildman–Crippen LogP) is 2.89. The van der Waals surface area contributed by atoms with Crippen LogP contribution < -0.4 is 5.32 Å². The van der Waals surface area contributed by atoms with E-state index in [4.69, 9.17) is 4.42 Å². The Bertz CT molecular complexity index is 1030. The number of carbonyl (C=O) groups excluding carboxylic acids is 1. The minimum absolute atomic E-state index is 0.163. The molecule has 8 nitrogen and oxygen atoms in total. The number of aromatic nitrogens is 5. The van der Waals surface area contributed by atoms with Crippen molar-refractivity contribution >= 4 is 11.6 Å². The molecule has 0 saturated heterocycles. The molecule has 134 valence electrons. The second-order valence-corrected chi connectivity index (χ2v) is 5.75. The van der Waals surface area contributed by atoms with Crippen LogP contribution in [0.4, 0.5) is 5.69 Å². The Balaban J connectivity index is 1.39. The number of nitrogens with one attached hydrogen (secondary N) is 1. The molecule has 1 aromatic carbocycles. The van der Waals surface area contributed by atoms with E-state index in [2.05, 4.69) is 25.4 Å². The number of pyridine rings is 1. The maximum absolute atomic E-state index is 12.3. The zero-order chi connectivity index (χ0) is 18.5. The average molecular weight is 360 g/mol. The first-order valence-corrected chi connectivity index (χ1v) is 8.39. The zero-order valence-corrected chi connectivity index (χ0v) is 14.3. The number of oxazole rings is 1. The summed E-state index contributed by atoms with van der Waals surface area (Å²) in [7, 11) is 0. The summed E-state index contributed by atoms with van der Waals surface area (Å²) in [6.45, 7) is 0. The Morgan fingerprint density at radius 1 is 1.11 bits per heavy atom. The SMILES string of the molecule is O=C(CCc1ncc(-c2ccccc2)o1)Nc1cccnc1-n1cncn1. The van der Waals surface area contributed by atoms with Gasteiger partial charge in [-0.05, 0) is 12.1 Å². The first-order chi connectivity index (χ1) is 13.3. The van der Waals surface area contributed by atoms with Gasteiger partial charge in [0.2, 0.25) is 5.91 Å². The molecule has 4 aromatic rings. The average Bonchev–Trinajstić information content (AvgIpc) is 3.40. The maximum Gasteiger partial charge on any atom is 0.224 e. The summed E-state index contributed by atoms with van der Waals surface area (Å²) in [5, 5.41) is 6.89. The van der Waals surface area contributed by atoms with Crippen LogP contribution in [0.2, 0.25) is 0 Å². The van der Waals surface area contributed by atoms with Gasteiger partial charge in [0.05, 0.1) is 11.9 Å². The number of hydrogen-bond acceptors (Lipinski definition) is 6. The van der Waals surface area contributed by atoms with Crippen molar-refractivity contribution in [1.29, 1.82) is 0 Å². The smallest absolute Gasteiger partial charge is 0.224 e. The van der Waals surface area contributed by atoms with Gasteiger partial charge in [-0.2, -0.15) is 5.10 Å². The maximum atomic E-state index is 12.3. The molecule has 1 N–H and O–H groups in total. The first kappa shape index (κ1) is 16.6. The van der Waals surface area contributed by atoms with Crippen molar-refractivity contribution in [3.63, 3.8) is 0 Å². The fourth-order valence-corrected chi connectivity index (χ4v) is 2.59. The second-order valence-electron chi connectivity index (χ2n) is 5.75. The summed E-state index contributed by atoms with van der Waals surface area (Å²) in [6, 6.07) is 13.2. The Hall–Kier alpha value is -3.81. The van der Waals surface area contributed by atoms with Crippen molar-refractivity contribution in [2.24, 2.45) is 0 Å². The molecule has 1 amide bonds. The highest BCUT2D eigenvalue weighted by atomic mass is 16.4. The van der Waals surface area contributed by atoms with Crippen LogP contribution in [0, 0.1) is 0 Å². The Kier molecular flexibility index (Phi) is 4.69. The Morgan fingerprint density at radius 3 is 2.81 bits per heavy atom. The minimum Gasteiger partial charge on any atom is -0.441 e. The molecule has 0 aliphatic rings. The molecule has 0 bridgehead atoms. The molecule has 0 aliphatic heterocycles. The van der Waals surface area contributed by atoms with E-state index in [1.54, 1.807) is 24.5 Å². The van der Waals surface area contributed by atoms with E-state index in [1.807, 2.05) is 30.3 Å². The third-order valence-corrected chi connectivity index (χ3v) is 3.87. The van der Waals surface area contributed by atoms with Gasteiger partial charge in [0, 0.05) is 24.6 Å². The molecule has 3 heterocycles. The van der Waals surface area contributed by atoms with Gasteiger partial charge in [0.25, 0.3) is 0 Å². The van der Waals surface area contributed by atoms with Gasteiger partial charge in [0.15, 0.2) is 17.5 Å². The molecule has 0 atom stereocenters. The summed E-state index contributed by atoms with van der Waals surface area (Å²) in [5.74, 6) is 1.55. The normalized spacial score (nSPS) is 10.7. The van der Waals surface area contributed by atoms with Crippen LogP contribution in [0.1, 0.15) is 12.3 Å². The number of nitrogens with zero attached hydrogens (tertiary/aromatic N) is 5. The monoisotopic (exact) mass is 360 g/mol. The number of benzene rings is 1. The lowest BCUT2D eigenvalue weighted by Gasteiger charge is -2.09. The van der Waals surface area contributed by atoms with E-state index in [-0.39, 0.29) is 12.3 Å².